The van der Waals surface area contributed by atoms with Gasteiger partial charge in [-0.3, -0.25) is 9.69 Å². The second-order valence-corrected chi connectivity index (χ2v) is 5.90. The molecule has 1 aliphatic heterocycles. The van der Waals surface area contributed by atoms with E-state index < -0.39 is 0 Å². The Morgan fingerprint density at radius 1 is 1.33 bits per heavy atom. The molecule has 1 aliphatic carbocycles. The Bertz CT molecular complexity index is 731. The molecule has 1 fully saturated rings. The zero-order valence-corrected chi connectivity index (χ0v) is 11.9. The second-order valence-electron chi connectivity index (χ2n) is 5.90. The van der Waals surface area contributed by atoms with Crippen LogP contribution in [-0.2, 0) is 19.6 Å². The van der Waals surface area contributed by atoms with Crippen LogP contribution in [0.4, 0.5) is 0 Å². The Hall–Kier alpha value is -2.02. The highest BCUT2D eigenvalue weighted by Gasteiger charge is 2.27. The lowest BCUT2D eigenvalue weighted by molar-refractivity contribution is 0.257. The average Bonchev–Trinajstić information content (AvgIpc) is 2.94. The quantitative estimate of drug-likeness (QED) is 0.914. The third-order valence-corrected chi connectivity index (χ3v) is 4.28. The normalized spacial score (nSPS) is 18.7. The SMILES string of the molecule is Cc1nc2c(c(=O)[nH]1)CN(Cc1noc(C3CCC3)n1)C2. The third kappa shape index (κ3) is 2.27. The molecule has 2 aromatic rings. The van der Waals surface area contributed by atoms with Gasteiger partial charge in [0.05, 0.1) is 17.8 Å². The number of rotatable bonds is 3. The summed E-state index contributed by atoms with van der Waals surface area (Å²) < 4.78 is 5.33. The van der Waals surface area contributed by atoms with Crippen LogP contribution in [0.25, 0.3) is 0 Å². The van der Waals surface area contributed by atoms with Crippen molar-refractivity contribution in [2.75, 3.05) is 0 Å². The first kappa shape index (κ1) is 12.7. The van der Waals surface area contributed by atoms with E-state index in [-0.39, 0.29) is 5.56 Å². The van der Waals surface area contributed by atoms with Gasteiger partial charge >= 0.3 is 0 Å². The maximum Gasteiger partial charge on any atom is 0.255 e. The summed E-state index contributed by atoms with van der Waals surface area (Å²) in [6.45, 7) is 3.64. The first-order valence-corrected chi connectivity index (χ1v) is 7.32. The number of nitrogens with one attached hydrogen (secondary N) is 1. The van der Waals surface area contributed by atoms with Gasteiger partial charge < -0.3 is 9.51 Å². The van der Waals surface area contributed by atoms with E-state index in [1.807, 2.05) is 0 Å². The molecule has 0 bridgehead atoms. The summed E-state index contributed by atoms with van der Waals surface area (Å²) in [6.07, 6.45) is 3.54. The predicted molar refractivity (Wildman–Crippen MR) is 73.4 cm³/mol. The van der Waals surface area contributed by atoms with Crippen molar-refractivity contribution in [2.24, 2.45) is 0 Å². The molecule has 7 nitrogen and oxygen atoms in total. The Kier molecular flexibility index (Phi) is 2.88. The van der Waals surface area contributed by atoms with Gasteiger partial charge in [0.25, 0.3) is 5.56 Å². The van der Waals surface area contributed by atoms with Crippen LogP contribution in [0.15, 0.2) is 9.32 Å². The minimum atomic E-state index is -0.0386. The van der Waals surface area contributed by atoms with Crippen molar-refractivity contribution < 1.29 is 4.52 Å². The maximum absolute atomic E-state index is 11.9. The number of aromatic amines is 1. The summed E-state index contributed by atoms with van der Waals surface area (Å²) >= 11 is 0. The monoisotopic (exact) mass is 287 g/mol. The molecule has 0 atom stereocenters. The van der Waals surface area contributed by atoms with E-state index in [1.165, 1.54) is 6.42 Å². The number of hydrogen-bond acceptors (Lipinski definition) is 6. The lowest BCUT2D eigenvalue weighted by Crippen LogP contribution is -2.19. The Labute approximate surface area is 121 Å². The van der Waals surface area contributed by atoms with Crippen LogP contribution in [0.5, 0.6) is 0 Å². The minimum Gasteiger partial charge on any atom is -0.339 e. The van der Waals surface area contributed by atoms with E-state index in [2.05, 4.69) is 25.0 Å². The lowest BCUT2D eigenvalue weighted by atomic mass is 9.85. The van der Waals surface area contributed by atoms with Crippen molar-refractivity contribution in [3.8, 4) is 0 Å². The standard InChI is InChI=1S/C14H17N5O2/c1-8-15-11-6-19(5-10(11)13(20)16-8)7-12-17-14(21-18-12)9-3-2-4-9/h9H,2-7H2,1H3,(H,15,16,20). The van der Waals surface area contributed by atoms with Crippen molar-refractivity contribution in [1.82, 2.24) is 25.0 Å². The molecule has 21 heavy (non-hydrogen) atoms. The van der Waals surface area contributed by atoms with Crippen LogP contribution < -0.4 is 5.56 Å². The zero-order valence-electron chi connectivity index (χ0n) is 11.9. The molecule has 1 saturated carbocycles. The van der Waals surface area contributed by atoms with Gasteiger partial charge in [0.15, 0.2) is 5.82 Å². The van der Waals surface area contributed by atoms with Gasteiger partial charge in [0, 0.05) is 19.0 Å². The third-order valence-electron chi connectivity index (χ3n) is 4.28. The summed E-state index contributed by atoms with van der Waals surface area (Å²) in [6, 6.07) is 0. The Morgan fingerprint density at radius 3 is 2.95 bits per heavy atom. The van der Waals surface area contributed by atoms with Crippen LogP contribution >= 0.6 is 0 Å². The second kappa shape index (κ2) is 4.77. The van der Waals surface area contributed by atoms with Crippen molar-refractivity contribution in [2.45, 2.75) is 51.7 Å². The maximum atomic E-state index is 11.9. The molecule has 0 unspecified atom stereocenters. The molecule has 7 heteroatoms. The number of nitrogens with zero attached hydrogens (tertiary/aromatic N) is 4. The number of H-pyrrole nitrogens is 1. The molecule has 0 amide bonds. The number of aryl methyl sites for hydroxylation is 1. The predicted octanol–water partition coefficient (Wildman–Crippen LogP) is 1.24. The summed E-state index contributed by atoms with van der Waals surface area (Å²) in [5, 5.41) is 4.05. The fourth-order valence-electron chi connectivity index (χ4n) is 2.92. The smallest absolute Gasteiger partial charge is 0.255 e. The van der Waals surface area contributed by atoms with Gasteiger partial charge in [-0.15, -0.1) is 0 Å². The van der Waals surface area contributed by atoms with Gasteiger partial charge in [0.1, 0.15) is 5.82 Å². The summed E-state index contributed by atoms with van der Waals surface area (Å²) in [5.74, 6) is 2.57. The summed E-state index contributed by atoms with van der Waals surface area (Å²) in [7, 11) is 0. The molecule has 1 N–H and O–H groups in total. The fraction of sp³-hybridized carbons (Fsp3) is 0.571. The molecule has 4 rings (SSSR count). The van der Waals surface area contributed by atoms with Gasteiger partial charge in [0.2, 0.25) is 5.89 Å². The molecule has 0 spiro atoms. The largest absolute Gasteiger partial charge is 0.339 e. The van der Waals surface area contributed by atoms with Crippen molar-refractivity contribution in [1.29, 1.82) is 0 Å². The van der Waals surface area contributed by atoms with Gasteiger partial charge in [-0.25, -0.2) is 4.98 Å². The molecule has 3 heterocycles. The van der Waals surface area contributed by atoms with E-state index in [0.29, 0.717) is 37.2 Å². The molecule has 2 aliphatic rings. The van der Waals surface area contributed by atoms with Gasteiger partial charge in [-0.2, -0.15) is 4.98 Å². The van der Waals surface area contributed by atoms with E-state index in [4.69, 9.17) is 4.52 Å². The van der Waals surface area contributed by atoms with Crippen LogP contribution in [0.3, 0.4) is 0 Å². The van der Waals surface area contributed by atoms with E-state index in [0.717, 1.165) is 30.0 Å². The lowest BCUT2D eigenvalue weighted by Gasteiger charge is -2.20. The first-order valence-electron chi connectivity index (χ1n) is 7.32. The molecule has 0 radical (unpaired) electrons. The summed E-state index contributed by atoms with van der Waals surface area (Å²) in [4.78, 5) is 25.6. The minimum absolute atomic E-state index is 0.0386. The van der Waals surface area contributed by atoms with E-state index in [9.17, 15) is 4.79 Å². The van der Waals surface area contributed by atoms with Crippen LogP contribution in [0, 0.1) is 6.92 Å². The highest BCUT2D eigenvalue weighted by Crippen LogP contribution is 2.35. The van der Waals surface area contributed by atoms with Crippen LogP contribution in [0.1, 0.15) is 54.0 Å². The van der Waals surface area contributed by atoms with E-state index >= 15 is 0 Å². The van der Waals surface area contributed by atoms with Gasteiger partial charge in [-0.05, 0) is 19.8 Å². The van der Waals surface area contributed by atoms with Crippen LogP contribution in [-0.4, -0.2) is 25.0 Å². The number of hydrogen-bond donors (Lipinski definition) is 1. The van der Waals surface area contributed by atoms with Crippen molar-refractivity contribution >= 4 is 0 Å². The number of fused-ring (bicyclic) bond motifs is 1. The molecule has 110 valence electrons. The highest BCUT2D eigenvalue weighted by molar-refractivity contribution is 5.22. The Balaban J connectivity index is 1.48. The molecular weight excluding hydrogens is 270 g/mol. The highest BCUT2D eigenvalue weighted by atomic mass is 16.5. The molecule has 2 aromatic heterocycles. The molecule has 0 aromatic carbocycles. The van der Waals surface area contributed by atoms with Gasteiger partial charge in [-0.1, -0.05) is 11.6 Å². The fourth-order valence-corrected chi connectivity index (χ4v) is 2.92. The van der Waals surface area contributed by atoms with Crippen molar-refractivity contribution in [3.05, 3.63) is 39.2 Å². The Morgan fingerprint density at radius 2 is 2.19 bits per heavy atom. The molecular formula is C14H17N5O2. The first-order chi connectivity index (χ1) is 10.2. The van der Waals surface area contributed by atoms with E-state index in [1.54, 1.807) is 6.92 Å². The van der Waals surface area contributed by atoms with Crippen LogP contribution in [0.2, 0.25) is 0 Å². The molecule has 0 saturated heterocycles. The zero-order chi connectivity index (χ0) is 14.4. The topological polar surface area (TPSA) is 87.9 Å². The summed E-state index contributed by atoms with van der Waals surface area (Å²) in [5.41, 5.74) is 1.57. The van der Waals surface area contributed by atoms with Crippen molar-refractivity contribution in [3.63, 3.8) is 0 Å². The number of aromatic nitrogens is 4. The average molecular weight is 287 g/mol.